The van der Waals surface area contributed by atoms with Crippen LogP contribution in [0.25, 0.3) is 10.2 Å². The number of hydrogen-bond acceptors (Lipinski definition) is 8. The number of aromatic nitrogens is 1. The summed E-state index contributed by atoms with van der Waals surface area (Å²) in [6.45, 7) is 4.10. The summed E-state index contributed by atoms with van der Waals surface area (Å²) in [5.41, 5.74) is 2.46. The molecule has 0 spiro atoms. The summed E-state index contributed by atoms with van der Waals surface area (Å²) >= 11 is 1.25. The van der Waals surface area contributed by atoms with Crippen LogP contribution < -0.4 is 15.1 Å². The summed E-state index contributed by atoms with van der Waals surface area (Å²) in [7, 11) is 0. The Morgan fingerprint density at radius 3 is 2.77 bits per heavy atom. The van der Waals surface area contributed by atoms with Crippen LogP contribution in [0.5, 0.6) is 5.75 Å². The fourth-order valence-electron chi connectivity index (χ4n) is 4.10. The summed E-state index contributed by atoms with van der Waals surface area (Å²) in [4.78, 5) is 32.7. The number of carbonyl (C=O) groups excluding carboxylic acids is 2. The average molecular weight is 493 g/mol. The largest absolute Gasteiger partial charge is 0.503 e. The molecule has 35 heavy (non-hydrogen) atoms. The molecule has 0 bridgehead atoms. The SMILES string of the molecule is CCOc1ccc2nc(N3C(=O)C(O)=C(C(=O)c4ccc(C)o4)C3c3cccc([NH2+]O)c3)sc2c1. The maximum absolute atomic E-state index is 13.4. The number of ether oxygens (including phenoxy) is 1. The van der Waals surface area contributed by atoms with Crippen molar-refractivity contribution in [3.63, 3.8) is 0 Å². The summed E-state index contributed by atoms with van der Waals surface area (Å²) in [5, 5.41) is 20.8. The maximum atomic E-state index is 13.4. The van der Waals surface area contributed by atoms with Gasteiger partial charge in [0.05, 0.1) is 28.4 Å². The van der Waals surface area contributed by atoms with E-state index >= 15 is 0 Å². The Kier molecular flexibility index (Phi) is 5.85. The van der Waals surface area contributed by atoms with E-state index in [1.54, 1.807) is 49.4 Å². The zero-order chi connectivity index (χ0) is 24.7. The smallest absolute Gasteiger partial charge is 0.296 e. The molecule has 1 atom stereocenters. The van der Waals surface area contributed by atoms with Crippen molar-refractivity contribution < 1.29 is 34.5 Å². The molecular formula is C25H22N3O6S+. The lowest BCUT2D eigenvalue weighted by atomic mass is 9.95. The summed E-state index contributed by atoms with van der Waals surface area (Å²) in [5.74, 6) is -0.797. The van der Waals surface area contributed by atoms with Crippen LogP contribution in [0.2, 0.25) is 0 Å². The van der Waals surface area contributed by atoms with Crippen molar-refractivity contribution in [3.8, 4) is 5.75 Å². The molecular weight excluding hydrogens is 470 g/mol. The number of hydrogen-bond donors (Lipinski definition) is 3. The highest BCUT2D eigenvalue weighted by Gasteiger charge is 2.46. The van der Waals surface area contributed by atoms with Crippen LogP contribution in [0.15, 0.2) is 70.3 Å². The first-order valence-corrected chi connectivity index (χ1v) is 11.7. The molecule has 0 saturated carbocycles. The molecule has 178 valence electrons. The van der Waals surface area contributed by atoms with Crippen LogP contribution in [-0.4, -0.2) is 33.6 Å². The minimum absolute atomic E-state index is 0.0132. The van der Waals surface area contributed by atoms with Crippen LogP contribution in [0, 0.1) is 6.92 Å². The Hall–Kier alpha value is -3.99. The molecule has 0 radical (unpaired) electrons. The standard InChI is InChI=1S/C25H21N3O6S/c1-3-33-16-8-9-17-19(12-16)35-25(26-17)28-21(14-5-4-6-15(11-14)27-32)20(23(30)24(28)31)22(29)18-10-7-13(2)34-18/h4-12,21,27,30,32H,3H2,1-2H3/p+1. The van der Waals surface area contributed by atoms with Gasteiger partial charge in [0.2, 0.25) is 5.78 Å². The second-order valence-corrected chi connectivity index (χ2v) is 8.95. The Labute approximate surface area is 203 Å². The fraction of sp³-hybridized carbons (Fsp3) is 0.160. The second-order valence-electron chi connectivity index (χ2n) is 7.94. The Morgan fingerprint density at radius 2 is 2.06 bits per heavy atom. The van der Waals surface area contributed by atoms with Crippen molar-refractivity contribution in [1.29, 1.82) is 0 Å². The van der Waals surface area contributed by atoms with Gasteiger partial charge in [0.25, 0.3) is 5.91 Å². The van der Waals surface area contributed by atoms with Crippen LogP contribution in [0.1, 0.15) is 34.8 Å². The predicted octanol–water partition coefficient (Wildman–Crippen LogP) is 3.96. The van der Waals surface area contributed by atoms with E-state index in [1.807, 2.05) is 13.0 Å². The number of Topliss-reactive ketones (excluding diaryl/α,β-unsaturated/α-hetero) is 1. The van der Waals surface area contributed by atoms with E-state index < -0.39 is 23.5 Å². The van der Waals surface area contributed by atoms with Gasteiger partial charge in [-0.15, -0.1) is 0 Å². The van der Waals surface area contributed by atoms with Gasteiger partial charge in [-0.25, -0.2) is 10.2 Å². The van der Waals surface area contributed by atoms with Crippen molar-refractivity contribution in [2.75, 3.05) is 11.5 Å². The molecule has 1 amide bonds. The molecule has 5 rings (SSSR count). The van der Waals surface area contributed by atoms with Gasteiger partial charge in [-0.1, -0.05) is 23.5 Å². The van der Waals surface area contributed by atoms with Crippen molar-refractivity contribution in [1.82, 2.24) is 4.98 Å². The lowest BCUT2D eigenvalue weighted by Crippen LogP contribution is -2.73. The lowest BCUT2D eigenvalue weighted by molar-refractivity contribution is -0.825. The summed E-state index contributed by atoms with van der Waals surface area (Å²) in [6.07, 6.45) is 0. The van der Waals surface area contributed by atoms with Gasteiger partial charge in [-0.05, 0) is 49.7 Å². The number of anilines is 1. The number of aliphatic hydroxyl groups excluding tert-OH is 1. The molecule has 1 aliphatic rings. The molecule has 9 nitrogen and oxygen atoms in total. The van der Waals surface area contributed by atoms with E-state index in [-0.39, 0.29) is 11.3 Å². The monoisotopic (exact) mass is 492 g/mol. The van der Waals surface area contributed by atoms with Gasteiger partial charge in [-0.3, -0.25) is 14.5 Å². The van der Waals surface area contributed by atoms with Gasteiger partial charge in [0.1, 0.15) is 11.5 Å². The van der Waals surface area contributed by atoms with E-state index in [0.717, 1.165) is 10.2 Å². The van der Waals surface area contributed by atoms with Crippen molar-refractivity contribution in [3.05, 3.63) is 83.0 Å². The van der Waals surface area contributed by atoms with Crippen LogP contribution in [-0.2, 0) is 4.79 Å². The van der Waals surface area contributed by atoms with E-state index in [4.69, 9.17) is 9.15 Å². The minimum atomic E-state index is -0.979. The number of carbonyl (C=O) groups is 2. The third-order valence-corrected chi connectivity index (χ3v) is 6.68. The van der Waals surface area contributed by atoms with Crippen LogP contribution in [0.4, 0.5) is 10.8 Å². The van der Waals surface area contributed by atoms with Gasteiger partial charge in [0.15, 0.2) is 22.3 Å². The Morgan fingerprint density at radius 1 is 1.23 bits per heavy atom. The molecule has 0 aliphatic carbocycles. The van der Waals surface area contributed by atoms with Gasteiger partial charge < -0.3 is 14.3 Å². The number of benzene rings is 2. The number of amides is 1. The topological polar surface area (TPSA) is 130 Å². The number of fused-ring (bicyclic) bond motifs is 1. The van der Waals surface area contributed by atoms with Crippen molar-refractivity contribution in [2.24, 2.45) is 0 Å². The predicted molar refractivity (Wildman–Crippen MR) is 128 cm³/mol. The van der Waals surface area contributed by atoms with E-state index in [0.29, 0.717) is 40.0 Å². The average Bonchev–Trinajstić information content (AvgIpc) is 3.55. The maximum Gasteiger partial charge on any atom is 0.296 e. The number of rotatable bonds is 7. The highest BCUT2D eigenvalue weighted by atomic mass is 32.1. The molecule has 10 heteroatoms. The third-order valence-electron chi connectivity index (χ3n) is 5.66. The molecule has 2 aromatic heterocycles. The van der Waals surface area contributed by atoms with Crippen LogP contribution in [0.3, 0.4) is 0 Å². The number of aryl methyl sites for hydroxylation is 1. The number of furan rings is 1. The lowest BCUT2D eigenvalue weighted by Gasteiger charge is -2.24. The zero-order valence-corrected chi connectivity index (χ0v) is 19.7. The van der Waals surface area contributed by atoms with Gasteiger partial charge in [-0.2, -0.15) is 5.48 Å². The number of thiazole rings is 1. The van der Waals surface area contributed by atoms with E-state index in [2.05, 4.69) is 4.98 Å². The number of nitrogens with two attached hydrogens (primary N) is 1. The first kappa shape index (κ1) is 22.8. The number of aliphatic hydroxyl groups is 1. The van der Waals surface area contributed by atoms with E-state index in [1.165, 1.54) is 22.3 Å². The van der Waals surface area contributed by atoms with Crippen molar-refractivity contribution >= 4 is 44.1 Å². The highest BCUT2D eigenvalue weighted by Crippen LogP contribution is 2.44. The molecule has 4 aromatic rings. The molecule has 2 aromatic carbocycles. The molecule has 1 aliphatic heterocycles. The highest BCUT2D eigenvalue weighted by molar-refractivity contribution is 7.22. The first-order chi connectivity index (χ1) is 16.9. The minimum Gasteiger partial charge on any atom is -0.503 e. The molecule has 4 N–H and O–H groups in total. The molecule has 3 heterocycles. The molecule has 1 unspecified atom stereocenters. The van der Waals surface area contributed by atoms with Gasteiger partial charge in [0, 0.05) is 12.1 Å². The first-order valence-electron chi connectivity index (χ1n) is 10.9. The van der Waals surface area contributed by atoms with Crippen LogP contribution >= 0.6 is 11.3 Å². The quantitative estimate of drug-likeness (QED) is 0.202. The Balaban J connectivity index is 1.65. The third kappa shape index (κ3) is 3.97. The van der Waals surface area contributed by atoms with Crippen molar-refractivity contribution in [2.45, 2.75) is 19.9 Å². The number of ketones is 1. The second kappa shape index (κ2) is 8.99. The Bertz CT molecular complexity index is 1490. The summed E-state index contributed by atoms with van der Waals surface area (Å²) in [6, 6.07) is 14.3. The summed E-state index contributed by atoms with van der Waals surface area (Å²) < 4.78 is 11.9. The normalized spacial score (nSPS) is 15.9. The number of nitrogens with zero attached hydrogens (tertiary/aromatic N) is 2. The van der Waals surface area contributed by atoms with Gasteiger partial charge >= 0.3 is 0 Å². The zero-order valence-electron chi connectivity index (χ0n) is 18.9. The fourth-order valence-corrected chi connectivity index (χ4v) is 5.12. The number of quaternary nitrogens is 1. The van der Waals surface area contributed by atoms with E-state index in [9.17, 15) is 19.9 Å². The molecule has 0 fully saturated rings. The molecule has 0 saturated heterocycles.